The minimum atomic E-state index is -0.505. The molecule has 0 unspecified atom stereocenters. The Morgan fingerprint density at radius 3 is 2.45 bits per heavy atom. The lowest BCUT2D eigenvalue weighted by Gasteiger charge is -2.10. The van der Waals surface area contributed by atoms with E-state index in [0.717, 1.165) is 5.56 Å². The van der Waals surface area contributed by atoms with Crippen LogP contribution in [0, 0.1) is 10.1 Å². The van der Waals surface area contributed by atoms with E-state index in [0.29, 0.717) is 12.2 Å². The molecule has 2 rings (SSSR count). The summed E-state index contributed by atoms with van der Waals surface area (Å²) in [6, 6.07) is 13.1. The number of nitro benzene ring substituents is 1. The van der Waals surface area contributed by atoms with E-state index < -0.39 is 11.0 Å². The van der Waals surface area contributed by atoms with Crippen LogP contribution in [0.15, 0.2) is 48.5 Å². The normalized spacial score (nSPS) is 11.9. The molecule has 0 saturated carbocycles. The molecule has 0 radical (unpaired) electrons. The first kappa shape index (κ1) is 14.0. The molecule has 2 aromatic rings. The van der Waals surface area contributed by atoms with Crippen LogP contribution in [0.4, 0.5) is 5.69 Å². The van der Waals surface area contributed by atoms with Crippen molar-refractivity contribution in [1.82, 2.24) is 0 Å². The van der Waals surface area contributed by atoms with Crippen LogP contribution in [-0.2, 0) is 0 Å². The number of aliphatic hydroxyl groups is 1. The molecule has 20 heavy (non-hydrogen) atoms. The first-order valence-corrected chi connectivity index (χ1v) is 6.31. The third-order valence-electron chi connectivity index (χ3n) is 2.94. The van der Waals surface area contributed by atoms with Gasteiger partial charge in [0.1, 0.15) is 5.75 Å². The first-order valence-electron chi connectivity index (χ1n) is 6.31. The van der Waals surface area contributed by atoms with Crippen molar-refractivity contribution in [2.24, 2.45) is 0 Å². The highest BCUT2D eigenvalue weighted by atomic mass is 16.6. The molecule has 0 saturated heterocycles. The van der Waals surface area contributed by atoms with Crippen molar-refractivity contribution < 1.29 is 14.8 Å². The highest BCUT2D eigenvalue weighted by Gasteiger charge is 2.14. The zero-order valence-electron chi connectivity index (χ0n) is 11.0. The molecule has 0 bridgehead atoms. The Balaban J connectivity index is 2.20. The molecule has 0 heterocycles. The van der Waals surface area contributed by atoms with Gasteiger partial charge in [0.15, 0.2) is 0 Å². The first-order chi connectivity index (χ1) is 9.61. The average Bonchev–Trinajstić information content (AvgIpc) is 2.47. The Kier molecular flexibility index (Phi) is 4.32. The second-order valence-corrected chi connectivity index (χ2v) is 4.32. The Morgan fingerprint density at radius 1 is 1.20 bits per heavy atom. The van der Waals surface area contributed by atoms with Gasteiger partial charge in [0.05, 0.1) is 11.0 Å². The van der Waals surface area contributed by atoms with Crippen molar-refractivity contribution in [3.8, 4) is 11.5 Å². The van der Waals surface area contributed by atoms with E-state index in [9.17, 15) is 15.2 Å². The van der Waals surface area contributed by atoms with Gasteiger partial charge in [0, 0.05) is 6.07 Å². The smallest absolute Gasteiger partial charge is 0.311 e. The minimum Gasteiger partial charge on any atom is -0.450 e. The molecule has 1 atom stereocenters. The molecular weight excluding hydrogens is 258 g/mol. The van der Waals surface area contributed by atoms with Gasteiger partial charge in [-0.3, -0.25) is 10.1 Å². The monoisotopic (exact) mass is 273 g/mol. The van der Waals surface area contributed by atoms with Crippen molar-refractivity contribution in [3.05, 3.63) is 64.2 Å². The number of ether oxygens (including phenoxy) is 1. The molecule has 104 valence electrons. The molecule has 5 heteroatoms. The predicted octanol–water partition coefficient (Wildman–Crippen LogP) is 3.83. The molecule has 5 nitrogen and oxygen atoms in total. The fourth-order valence-corrected chi connectivity index (χ4v) is 1.81. The molecule has 0 amide bonds. The maximum absolute atomic E-state index is 10.9. The molecule has 0 spiro atoms. The number of hydrogen-bond donors (Lipinski definition) is 1. The number of rotatable bonds is 5. The standard InChI is InChI=1S/C15H15NO4/c1-2-14(17)11-7-9-12(10-8-11)20-15-6-4-3-5-13(15)16(18)19/h3-10,14,17H,2H2,1H3/t14-/m0/s1. The summed E-state index contributed by atoms with van der Waals surface area (Å²) in [5.74, 6) is 0.688. The number of nitrogens with zero attached hydrogens (tertiary/aromatic N) is 1. The molecule has 0 aromatic heterocycles. The average molecular weight is 273 g/mol. The molecule has 0 fully saturated rings. The Labute approximate surface area is 116 Å². The second kappa shape index (κ2) is 6.16. The molecule has 0 aliphatic carbocycles. The maximum Gasteiger partial charge on any atom is 0.311 e. The molecule has 1 N–H and O–H groups in total. The van der Waals surface area contributed by atoms with E-state index in [2.05, 4.69) is 0 Å². The summed E-state index contributed by atoms with van der Waals surface area (Å²) in [5.41, 5.74) is 0.715. The van der Waals surface area contributed by atoms with E-state index in [-0.39, 0.29) is 11.4 Å². The number of benzene rings is 2. The highest BCUT2D eigenvalue weighted by Crippen LogP contribution is 2.31. The van der Waals surface area contributed by atoms with Crippen molar-refractivity contribution in [3.63, 3.8) is 0 Å². The van der Waals surface area contributed by atoms with E-state index in [4.69, 9.17) is 4.74 Å². The summed E-state index contributed by atoms with van der Waals surface area (Å²) >= 11 is 0. The molecular formula is C15H15NO4. The zero-order chi connectivity index (χ0) is 14.5. The number of hydrogen-bond acceptors (Lipinski definition) is 4. The fourth-order valence-electron chi connectivity index (χ4n) is 1.81. The van der Waals surface area contributed by atoms with Gasteiger partial charge < -0.3 is 9.84 Å². The van der Waals surface area contributed by atoms with Gasteiger partial charge >= 0.3 is 5.69 Å². The topological polar surface area (TPSA) is 72.6 Å². The van der Waals surface area contributed by atoms with Crippen LogP contribution < -0.4 is 4.74 Å². The van der Waals surface area contributed by atoms with Crippen LogP contribution in [0.5, 0.6) is 11.5 Å². The third kappa shape index (κ3) is 3.13. The van der Waals surface area contributed by atoms with Gasteiger partial charge in [0.2, 0.25) is 5.75 Å². The Bertz CT molecular complexity index is 595. The van der Waals surface area contributed by atoms with Crippen molar-refractivity contribution >= 4 is 5.69 Å². The van der Waals surface area contributed by atoms with Crippen molar-refractivity contribution in [1.29, 1.82) is 0 Å². The fraction of sp³-hybridized carbons (Fsp3) is 0.200. The van der Waals surface area contributed by atoms with E-state index in [1.807, 2.05) is 6.92 Å². The molecule has 0 aliphatic heterocycles. The summed E-state index contributed by atoms with van der Waals surface area (Å²) in [7, 11) is 0. The van der Waals surface area contributed by atoms with Crippen molar-refractivity contribution in [2.75, 3.05) is 0 Å². The lowest BCUT2D eigenvalue weighted by Crippen LogP contribution is -1.95. The van der Waals surface area contributed by atoms with E-state index >= 15 is 0 Å². The van der Waals surface area contributed by atoms with E-state index in [1.165, 1.54) is 6.07 Å². The zero-order valence-corrected chi connectivity index (χ0v) is 11.0. The van der Waals surface area contributed by atoms with Gasteiger partial charge in [-0.15, -0.1) is 0 Å². The lowest BCUT2D eigenvalue weighted by molar-refractivity contribution is -0.385. The summed E-state index contributed by atoms with van der Waals surface area (Å²) in [6.45, 7) is 1.89. The predicted molar refractivity (Wildman–Crippen MR) is 74.9 cm³/mol. The Hall–Kier alpha value is -2.40. The number of aliphatic hydroxyl groups excluding tert-OH is 1. The van der Waals surface area contributed by atoms with Crippen LogP contribution in [0.1, 0.15) is 25.0 Å². The summed E-state index contributed by atoms with van der Waals surface area (Å²) in [6.07, 6.45) is 0.125. The SMILES string of the molecule is CC[C@H](O)c1ccc(Oc2ccccc2[N+](=O)[O-])cc1. The van der Waals surface area contributed by atoms with Crippen LogP contribution >= 0.6 is 0 Å². The summed E-state index contributed by atoms with van der Waals surface area (Å²) < 4.78 is 5.52. The van der Waals surface area contributed by atoms with Gasteiger partial charge in [-0.1, -0.05) is 31.2 Å². The number of nitro groups is 1. The summed E-state index contributed by atoms with van der Waals surface area (Å²) in [5, 5.41) is 20.6. The minimum absolute atomic E-state index is 0.0785. The van der Waals surface area contributed by atoms with Crippen LogP contribution in [0.25, 0.3) is 0 Å². The van der Waals surface area contributed by atoms with Crippen molar-refractivity contribution in [2.45, 2.75) is 19.4 Å². The molecule has 2 aromatic carbocycles. The third-order valence-corrected chi connectivity index (χ3v) is 2.94. The lowest BCUT2D eigenvalue weighted by atomic mass is 10.1. The second-order valence-electron chi connectivity index (χ2n) is 4.32. The van der Waals surface area contributed by atoms with E-state index in [1.54, 1.807) is 42.5 Å². The maximum atomic E-state index is 10.9. The van der Waals surface area contributed by atoms with Gasteiger partial charge in [-0.05, 0) is 30.2 Å². The van der Waals surface area contributed by atoms with Crippen LogP contribution in [0.2, 0.25) is 0 Å². The van der Waals surface area contributed by atoms with Gasteiger partial charge in [-0.2, -0.15) is 0 Å². The molecule has 0 aliphatic rings. The van der Waals surface area contributed by atoms with Crippen LogP contribution in [0.3, 0.4) is 0 Å². The van der Waals surface area contributed by atoms with Crippen LogP contribution in [-0.4, -0.2) is 10.0 Å². The van der Waals surface area contributed by atoms with Gasteiger partial charge in [0.25, 0.3) is 0 Å². The Morgan fingerprint density at radius 2 is 1.85 bits per heavy atom. The summed E-state index contributed by atoms with van der Waals surface area (Å²) in [4.78, 5) is 10.4. The largest absolute Gasteiger partial charge is 0.450 e. The highest BCUT2D eigenvalue weighted by molar-refractivity contribution is 5.48. The van der Waals surface area contributed by atoms with Gasteiger partial charge in [-0.25, -0.2) is 0 Å². The number of para-hydroxylation sites is 2. The quantitative estimate of drug-likeness (QED) is 0.663.